The summed E-state index contributed by atoms with van der Waals surface area (Å²) in [5, 5.41) is 6.97. The van der Waals surface area contributed by atoms with Gasteiger partial charge in [0.1, 0.15) is 0 Å². The van der Waals surface area contributed by atoms with Gasteiger partial charge in [0.05, 0.1) is 22.7 Å². The number of anilines is 12. The van der Waals surface area contributed by atoms with Crippen molar-refractivity contribution in [3.05, 3.63) is 279 Å². The van der Waals surface area contributed by atoms with Crippen LogP contribution >= 0.6 is 0 Å². The molecule has 12 rings (SSSR count). The molecule has 0 atom stereocenters. The quantitative estimate of drug-likeness (QED) is 0.113. The van der Waals surface area contributed by atoms with E-state index in [0.717, 1.165) is 89.8 Å². The third-order valence-corrected chi connectivity index (χ3v) is 12.9. The van der Waals surface area contributed by atoms with Gasteiger partial charge in [0.2, 0.25) is 0 Å². The molecule has 0 bridgehead atoms. The molecule has 0 aromatic heterocycles. The van der Waals surface area contributed by atoms with Gasteiger partial charge in [-0.2, -0.15) is 0 Å². The molecule has 68 heavy (non-hydrogen) atoms. The lowest BCUT2D eigenvalue weighted by Crippen LogP contribution is -2.16. The number of hydrogen-bond donors (Lipinski definition) is 0. The molecule has 0 unspecified atom stereocenters. The molecular weight excluding hydrogens is 825 g/mol. The monoisotopic (exact) mass is 870 g/mol. The van der Waals surface area contributed by atoms with Crippen LogP contribution in [0.25, 0.3) is 32.3 Å². The molecule has 0 fully saturated rings. The summed E-state index contributed by atoms with van der Waals surface area (Å²) in [6, 6.07) is 100. The third-order valence-electron chi connectivity index (χ3n) is 12.9. The van der Waals surface area contributed by atoms with Gasteiger partial charge in [0.15, 0.2) is 0 Å². The van der Waals surface area contributed by atoms with Crippen LogP contribution in [0.15, 0.2) is 279 Å². The zero-order chi connectivity index (χ0) is 45.2. The molecular formula is C64H46N4. The highest BCUT2D eigenvalue weighted by atomic mass is 15.2. The van der Waals surface area contributed by atoms with Gasteiger partial charge in [0, 0.05) is 77.8 Å². The van der Waals surface area contributed by atoms with Gasteiger partial charge in [0.25, 0.3) is 0 Å². The van der Waals surface area contributed by atoms with Crippen molar-refractivity contribution in [2.45, 2.75) is 0 Å². The van der Waals surface area contributed by atoms with E-state index < -0.39 is 0 Å². The molecule has 0 aliphatic carbocycles. The molecule has 322 valence electrons. The summed E-state index contributed by atoms with van der Waals surface area (Å²) in [6.07, 6.45) is 0. The van der Waals surface area contributed by atoms with Crippen molar-refractivity contribution in [1.82, 2.24) is 0 Å². The van der Waals surface area contributed by atoms with Crippen LogP contribution in [0, 0.1) is 0 Å². The lowest BCUT2D eigenvalue weighted by Gasteiger charge is -2.34. The second-order valence-electron chi connectivity index (χ2n) is 16.9. The Morgan fingerprint density at radius 1 is 0.162 bits per heavy atom. The lowest BCUT2D eigenvalue weighted by molar-refractivity contribution is 1.26. The average molecular weight is 871 g/mol. The third kappa shape index (κ3) is 7.22. The maximum Gasteiger partial charge on any atom is 0.0561 e. The average Bonchev–Trinajstić information content (AvgIpc) is 3.42. The van der Waals surface area contributed by atoms with Crippen LogP contribution in [0.1, 0.15) is 0 Å². The van der Waals surface area contributed by atoms with Gasteiger partial charge in [-0.3, -0.25) is 0 Å². The highest BCUT2D eigenvalue weighted by Crippen LogP contribution is 2.54. The molecule has 0 saturated heterocycles. The van der Waals surface area contributed by atoms with E-state index in [-0.39, 0.29) is 0 Å². The maximum atomic E-state index is 2.42. The van der Waals surface area contributed by atoms with E-state index in [2.05, 4.69) is 299 Å². The second-order valence-corrected chi connectivity index (χ2v) is 16.9. The molecule has 0 aliphatic rings. The molecule has 4 nitrogen and oxygen atoms in total. The second kappa shape index (κ2) is 17.7. The molecule has 12 aromatic carbocycles. The maximum absolute atomic E-state index is 2.42. The fourth-order valence-corrected chi connectivity index (χ4v) is 9.98. The SMILES string of the molecule is c1ccc(N(c2ccccc2)c2cc(N(c3ccccc3)c3ccccc3)c3ccc4c(N(c5ccccc5)c5ccccc5)cc(N(c5ccccc5)c5ccccc5)c5ccc2c3c54)cc1. The number of hydrogen-bond acceptors (Lipinski definition) is 4. The van der Waals surface area contributed by atoms with E-state index in [1.807, 2.05) is 0 Å². The number of benzene rings is 12. The number of para-hydroxylation sites is 8. The first kappa shape index (κ1) is 40.4. The minimum absolute atomic E-state index is 1.07. The normalized spacial score (nSPS) is 11.2. The molecule has 4 heteroatoms. The summed E-state index contributed by atoms with van der Waals surface area (Å²) in [5.41, 5.74) is 12.9. The van der Waals surface area contributed by atoms with E-state index in [4.69, 9.17) is 0 Å². The van der Waals surface area contributed by atoms with Gasteiger partial charge in [-0.15, -0.1) is 0 Å². The van der Waals surface area contributed by atoms with Crippen LogP contribution in [0.3, 0.4) is 0 Å². The number of rotatable bonds is 12. The minimum Gasteiger partial charge on any atom is -0.310 e. The first-order chi connectivity index (χ1) is 33.8. The Morgan fingerprint density at radius 3 is 0.456 bits per heavy atom. The van der Waals surface area contributed by atoms with Crippen LogP contribution in [-0.2, 0) is 0 Å². The van der Waals surface area contributed by atoms with Crippen molar-refractivity contribution in [3.8, 4) is 0 Å². The van der Waals surface area contributed by atoms with Gasteiger partial charge in [-0.05, 0) is 109 Å². The van der Waals surface area contributed by atoms with Crippen molar-refractivity contribution in [3.63, 3.8) is 0 Å². The molecule has 0 heterocycles. The Bertz CT molecular complexity index is 2960. The van der Waals surface area contributed by atoms with Gasteiger partial charge >= 0.3 is 0 Å². The summed E-state index contributed by atoms with van der Waals surface area (Å²) >= 11 is 0. The Balaban J connectivity index is 1.28. The highest BCUT2D eigenvalue weighted by Gasteiger charge is 2.28. The summed E-state index contributed by atoms with van der Waals surface area (Å²) in [4.78, 5) is 9.69. The van der Waals surface area contributed by atoms with Crippen LogP contribution in [-0.4, -0.2) is 0 Å². The van der Waals surface area contributed by atoms with Crippen LogP contribution in [0.5, 0.6) is 0 Å². The van der Waals surface area contributed by atoms with E-state index in [1.54, 1.807) is 0 Å². The van der Waals surface area contributed by atoms with Crippen molar-refractivity contribution in [2.24, 2.45) is 0 Å². The molecule has 0 N–H and O–H groups in total. The van der Waals surface area contributed by atoms with Gasteiger partial charge < -0.3 is 19.6 Å². The smallest absolute Gasteiger partial charge is 0.0561 e. The van der Waals surface area contributed by atoms with Gasteiger partial charge in [-0.1, -0.05) is 170 Å². The van der Waals surface area contributed by atoms with E-state index in [1.165, 1.54) is 10.8 Å². The largest absolute Gasteiger partial charge is 0.310 e. The van der Waals surface area contributed by atoms with E-state index >= 15 is 0 Å². The van der Waals surface area contributed by atoms with E-state index in [9.17, 15) is 0 Å². The Labute approximate surface area is 397 Å². The van der Waals surface area contributed by atoms with Crippen molar-refractivity contribution < 1.29 is 0 Å². The predicted molar refractivity (Wildman–Crippen MR) is 289 cm³/mol. The van der Waals surface area contributed by atoms with Crippen LogP contribution in [0.4, 0.5) is 68.2 Å². The fraction of sp³-hybridized carbons (Fsp3) is 0. The number of nitrogens with zero attached hydrogens (tertiary/aromatic N) is 4. The van der Waals surface area contributed by atoms with Crippen molar-refractivity contribution >= 4 is 101 Å². The molecule has 0 radical (unpaired) electrons. The Hall–Kier alpha value is -9.12. The summed E-state index contributed by atoms with van der Waals surface area (Å²) in [7, 11) is 0. The van der Waals surface area contributed by atoms with E-state index in [0.29, 0.717) is 0 Å². The molecule has 12 aromatic rings. The molecule has 0 aliphatic heterocycles. The topological polar surface area (TPSA) is 13.0 Å². The summed E-state index contributed by atoms with van der Waals surface area (Å²) in [5.74, 6) is 0. The summed E-state index contributed by atoms with van der Waals surface area (Å²) < 4.78 is 0. The first-order valence-electron chi connectivity index (χ1n) is 23.2. The Kier molecular flexibility index (Phi) is 10.5. The van der Waals surface area contributed by atoms with Crippen molar-refractivity contribution in [1.29, 1.82) is 0 Å². The molecule has 0 saturated carbocycles. The van der Waals surface area contributed by atoms with Crippen LogP contribution in [0.2, 0.25) is 0 Å². The predicted octanol–water partition coefficient (Wildman–Crippen LogP) is 18.5. The highest BCUT2D eigenvalue weighted by molar-refractivity contribution is 6.33. The van der Waals surface area contributed by atoms with Crippen molar-refractivity contribution in [2.75, 3.05) is 19.6 Å². The fourth-order valence-electron chi connectivity index (χ4n) is 9.98. The summed E-state index contributed by atoms with van der Waals surface area (Å²) in [6.45, 7) is 0. The zero-order valence-corrected chi connectivity index (χ0v) is 37.3. The molecule has 0 amide bonds. The zero-order valence-electron chi connectivity index (χ0n) is 37.3. The first-order valence-corrected chi connectivity index (χ1v) is 23.2. The Morgan fingerprint density at radius 2 is 0.309 bits per heavy atom. The lowest BCUT2D eigenvalue weighted by atomic mass is 9.89. The standard InChI is InChI=1S/C64H46N4/c1-9-25-47(26-10-1)65(48-27-11-2-12-28-48)59-45-60(66(49-29-13-3-14-30-49)50-31-15-4-16-32-50)56-43-44-58-62(68(53-37-21-7-22-38-53)54-39-23-8-24-40-54)46-61(57-42-41-55(59)63(56)64(57)58)67(51-33-17-5-18-34-51)52-35-19-6-20-36-52/h1-46H. The van der Waals surface area contributed by atoms with Crippen LogP contribution < -0.4 is 19.6 Å². The minimum atomic E-state index is 1.07. The van der Waals surface area contributed by atoms with Gasteiger partial charge in [-0.25, -0.2) is 0 Å². The molecule has 0 spiro atoms.